The molecule has 5 heteroatoms. The van der Waals surface area contributed by atoms with Crippen LogP contribution in [0, 0.1) is 5.41 Å². The van der Waals surface area contributed by atoms with Gasteiger partial charge in [0.15, 0.2) is 5.13 Å². The lowest BCUT2D eigenvalue weighted by atomic mass is 9.85. The van der Waals surface area contributed by atoms with E-state index in [-0.39, 0.29) is 0 Å². The number of anilines is 1. The second-order valence-electron chi connectivity index (χ2n) is 5.35. The van der Waals surface area contributed by atoms with Gasteiger partial charge in [0, 0.05) is 13.1 Å². The molecule has 0 N–H and O–H groups in total. The predicted molar refractivity (Wildman–Crippen MR) is 76.5 cm³/mol. The molecule has 17 heavy (non-hydrogen) atoms. The van der Waals surface area contributed by atoms with E-state index in [9.17, 15) is 0 Å². The molecule has 96 valence electrons. The van der Waals surface area contributed by atoms with Gasteiger partial charge in [-0.1, -0.05) is 36.8 Å². The fourth-order valence-corrected chi connectivity index (χ4v) is 3.68. The third kappa shape index (κ3) is 3.27. The van der Waals surface area contributed by atoms with E-state index >= 15 is 0 Å². The van der Waals surface area contributed by atoms with Gasteiger partial charge in [-0.25, -0.2) is 4.98 Å². The molecule has 0 atom stereocenters. The van der Waals surface area contributed by atoms with E-state index in [4.69, 9.17) is 23.2 Å². The molecule has 0 spiro atoms. The molecular weight excluding hydrogens is 275 g/mol. The van der Waals surface area contributed by atoms with Crippen LogP contribution in [0.3, 0.4) is 0 Å². The predicted octanol–water partition coefficient (Wildman–Crippen LogP) is 4.55. The molecule has 1 aromatic heterocycles. The standard InChI is InChI=1S/C12H18Cl2N2S/c1-12(2)4-3-6-16(7-5-12)11-15-10(14)9(8-13)17-11/h3-8H2,1-2H3. The highest BCUT2D eigenvalue weighted by Gasteiger charge is 2.24. The number of halogens is 2. The third-order valence-corrected chi connectivity index (χ3v) is 5.34. The van der Waals surface area contributed by atoms with E-state index in [2.05, 4.69) is 23.7 Å². The van der Waals surface area contributed by atoms with E-state index in [1.807, 2.05) is 0 Å². The maximum Gasteiger partial charge on any atom is 0.187 e. The number of nitrogens with zero attached hydrogens (tertiary/aromatic N) is 2. The Hall–Kier alpha value is 0.01000. The van der Waals surface area contributed by atoms with Gasteiger partial charge in [0.1, 0.15) is 5.15 Å². The lowest BCUT2D eigenvalue weighted by Crippen LogP contribution is -2.24. The number of thiazole rings is 1. The van der Waals surface area contributed by atoms with E-state index in [1.54, 1.807) is 11.3 Å². The molecule has 1 saturated heterocycles. The first-order valence-electron chi connectivity index (χ1n) is 5.98. The van der Waals surface area contributed by atoms with Crippen LogP contribution in [0.15, 0.2) is 0 Å². The van der Waals surface area contributed by atoms with E-state index in [1.165, 1.54) is 19.3 Å². The van der Waals surface area contributed by atoms with Crippen molar-refractivity contribution < 1.29 is 0 Å². The van der Waals surface area contributed by atoms with Gasteiger partial charge in [-0.2, -0.15) is 0 Å². The van der Waals surface area contributed by atoms with Crippen LogP contribution in [-0.4, -0.2) is 18.1 Å². The van der Waals surface area contributed by atoms with Crippen molar-refractivity contribution in [2.75, 3.05) is 18.0 Å². The summed E-state index contributed by atoms with van der Waals surface area (Å²) in [5, 5.41) is 1.60. The maximum atomic E-state index is 6.05. The van der Waals surface area contributed by atoms with Crippen LogP contribution in [-0.2, 0) is 5.88 Å². The largest absolute Gasteiger partial charge is 0.348 e. The molecule has 0 aliphatic carbocycles. The summed E-state index contributed by atoms with van der Waals surface area (Å²) >= 11 is 13.5. The number of rotatable bonds is 2. The van der Waals surface area contributed by atoms with Gasteiger partial charge >= 0.3 is 0 Å². The van der Waals surface area contributed by atoms with Crippen molar-refractivity contribution in [3.05, 3.63) is 10.0 Å². The molecule has 1 aliphatic heterocycles. The Morgan fingerprint density at radius 3 is 2.76 bits per heavy atom. The Morgan fingerprint density at radius 1 is 1.35 bits per heavy atom. The molecule has 1 aliphatic rings. The van der Waals surface area contributed by atoms with Crippen molar-refractivity contribution in [3.63, 3.8) is 0 Å². The van der Waals surface area contributed by atoms with E-state index < -0.39 is 0 Å². The summed E-state index contributed by atoms with van der Waals surface area (Å²) in [4.78, 5) is 7.75. The van der Waals surface area contributed by atoms with Crippen LogP contribution < -0.4 is 4.90 Å². The molecule has 1 aromatic rings. The van der Waals surface area contributed by atoms with Crippen LogP contribution in [0.2, 0.25) is 5.15 Å². The zero-order chi connectivity index (χ0) is 12.5. The van der Waals surface area contributed by atoms with Crippen LogP contribution in [0.25, 0.3) is 0 Å². The number of alkyl halides is 1. The maximum absolute atomic E-state index is 6.05. The van der Waals surface area contributed by atoms with Crippen molar-refractivity contribution in [3.8, 4) is 0 Å². The molecule has 1 fully saturated rings. The summed E-state index contributed by atoms with van der Waals surface area (Å²) in [6, 6.07) is 0. The zero-order valence-corrected chi connectivity index (χ0v) is 12.6. The molecule has 2 nitrogen and oxygen atoms in total. The topological polar surface area (TPSA) is 16.1 Å². The van der Waals surface area contributed by atoms with E-state index in [0.29, 0.717) is 16.4 Å². The van der Waals surface area contributed by atoms with Gasteiger partial charge in [-0.15, -0.1) is 11.6 Å². The Morgan fingerprint density at radius 2 is 2.12 bits per heavy atom. The summed E-state index contributed by atoms with van der Waals surface area (Å²) < 4.78 is 0. The highest BCUT2D eigenvalue weighted by molar-refractivity contribution is 7.16. The molecule has 2 heterocycles. The van der Waals surface area contributed by atoms with Gasteiger partial charge in [0.2, 0.25) is 0 Å². The summed E-state index contributed by atoms with van der Waals surface area (Å²) in [5.41, 5.74) is 0.450. The summed E-state index contributed by atoms with van der Waals surface area (Å²) in [5.74, 6) is 0.454. The Labute approximate surface area is 117 Å². The van der Waals surface area contributed by atoms with Crippen molar-refractivity contribution in [2.45, 2.75) is 39.0 Å². The fraction of sp³-hybridized carbons (Fsp3) is 0.750. The van der Waals surface area contributed by atoms with Crippen molar-refractivity contribution in [1.29, 1.82) is 0 Å². The van der Waals surface area contributed by atoms with Crippen molar-refractivity contribution in [1.82, 2.24) is 4.98 Å². The number of hydrogen-bond acceptors (Lipinski definition) is 3. The van der Waals surface area contributed by atoms with Crippen LogP contribution in [0.4, 0.5) is 5.13 Å². The highest BCUT2D eigenvalue weighted by atomic mass is 35.5. The lowest BCUT2D eigenvalue weighted by Gasteiger charge is -2.22. The molecule has 0 amide bonds. The molecule has 0 radical (unpaired) electrons. The van der Waals surface area contributed by atoms with Crippen LogP contribution >= 0.6 is 34.5 Å². The average molecular weight is 293 g/mol. The Kier molecular flexibility index (Phi) is 4.22. The van der Waals surface area contributed by atoms with Crippen LogP contribution in [0.5, 0.6) is 0 Å². The van der Waals surface area contributed by atoms with Gasteiger partial charge in [-0.05, 0) is 24.7 Å². The molecule has 0 bridgehead atoms. The third-order valence-electron chi connectivity index (χ3n) is 3.37. The minimum atomic E-state index is 0.450. The fourth-order valence-electron chi connectivity index (χ4n) is 2.15. The van der Waals surface area contributed by atoms with Gasteiger partial charge in [0.25, 0.3) is 0 Å². The van der Waals surface area contributed by atoms with Crippen LogP contribution in [0.1, 0.15) is 38.0 Å². The zero-order valence-electron chi connectivity index (χ0n) is 10.3. The van der Waals surface area contributed by atoms with Gasteiger partial charge in [0.05, 0.1) is 10.8 Å². The Bertz CT molecular complexity index is 390. The lowest BCUT2D eigenvalue weighted by molar-refractivity contribution is 0.325. The van der Waals surface area contributed by atoms with Gasteiger partial charge < -0.3 is 4.90 Å². The normalized spacial score (nSPS) is 20.4. The monoisotopic (exact) mass is 292 g/mol. The van der Waals surface area contributed by atoms with Crippen molar-refractivity contribution >= 4 is 39.7 Å². The highest BCUT2D eigenvalue weighted by Crippen LogP contribution is 2.35. The first-order chi connectivity index (χ1) is 8.02. The minimum Gasteiger partial charge on any atom is -0.348 e. The SMILES string of the molecule is CC1(C)CCCN(c2nc(Cl)c(CCl)s2)CC1. The molecule has 0 saturated carbocycles. The van der Waals surface area contributed by atoms with Gasteiger partial charge in [-0.3, -0.25) is 0 Å². The number of hydrogen-bond donors (Lipinski definition) is 0. The summed E-state index contributed by atoms with van der Waals surface area (Å²) in [7, 11) is 0. The summed E-state index contributed by atoms with van der Waals surface area (Å²) in [6.07, 6.45) is 3.71. The van der Waals surface area contributed by atoms with E-state index in [0.717, 1.165) is 23.1 Å². The minimum absolute atomic E-state index is 0.450. The quantitative estimate of drug-likeness (QED) is 0.744. The van der Waals surface area contributed by atoms with Crippen molar-refractivity contribution in [2.24, 2.45) is 5.41 Å². The Balaban J connectivity index is 2.11. The summed E-state index contributed by atoms with van der Waals surface area (Å²) in [6.45, 7) is 6.83. The second-order valence-corrected chi connectivity index (χ2v) is 7.04. The second kappa shape index (κ2) is 5.33. The molecule has 0 aromatic carbocycles. The molecular formula is C12H18Cl2N2S. The first-order valence-corrected chi connectivity index (χ1v) is 7.71. The molecule has 2 rings (SSSR count). The first kappa shape index (κ1) is 13.4. The smallest absolute Gasteiger partial charge is 0.187 e. The number of aromatic nitrogens is 1. The molecule has 0 unspecified atom stereocenters. The average Bonchev–Trinajstić information content (AvgIpc) is 2.54.